The predicted octanol–water partition coefficient (Wildman–Crippen LogP) is 12.5. The quantitative estimate of drug-likeness (QED) is 0.187. The Hall–Kier alpha value is -7.11. The van der Waals surface area contributed by atoms with E-state index in [-0.39, 0.29) is 0 Å². The van der Waals surface area contributed by atoms with Crippen LogP contribution in [0.15, 0.2) is 174 Å². The van der Waals surface area contributed by atoms with Crippen LogP contribution in [0.25, 0.3) is 88.8 Å². The number of anilines is 3. The average Bonchev–Trinajstić information content (AvgIpc) is 3.60. The maximum Gasteiger partial charge on any atom is 0.167 e. The van der Waals surface area contributed by atoms with Gasteiger partial charge in [-0.2, -0.15) is 0 Å². The molecule has 0 spiro atoms. The first-order valence-corrected chi connectivity index (χ1v) is 17.5. The number of hydrogen-bond donors (Lipinski definition) is 0. The van der Waals surface area contributed by atoms with E-state index in [1.54, 1.807) is 0 Å². The molecule has 1 aliphatic rings. The second-order valence-electron chi connectivity index (χ2n) is 13.2. The molecule has 5 nitrogen and oxygen atoms in total. The van der Waals surface area contributed by atoms with Gasteiger partial charge in [0.25, 0.3) is 0 Å². The molecule has 11 rings (SSSR count). The third-order valence-electron chi connectivity index (χ3n) is 10.2. The smallest absolute Gasteiger partial charge is 0.167 e. The Labute approximate surface area is 299 Å². The van der Waals surface area contributed by atoms with Crippen LogP contribution in [-0.2, 0) is 0 Å². The van der Waals surface area contributed by atoms with Crippen molar-refractivity contribution in [2.45, 2.75) is 0 Å². The first-order valence-electron chi connectivity index (χ1n) is 17.5. The Balaban J connectivity index is 1.19. The van der Waals surface area contributed by atoms with Crippen LogP contribution in [0.4, 0.5) is 17.1 Å². The van der Waals surface area contributed by atoms with E-state index < -0.39 is 0 Å². The van der Waals surface area contributed by atoms with Gasteiger partial charge in [-0.1, -0.05) is 133 Å². The molecule has 5 heteroatoms. The van der Waals surface area contributed by atoms with Crippen LogP contribution in [-0.4, -0.2) is 15.0 Å². The van der Waals surface area contributed by atoms with E-state index in [0.29, 0.717) is 17.5 Å². The predicted molar refractivity (Wildman–Crippen MR) is 212 cm³/mol. The molecule has 0 amide bonds. The summed E-state index contributed by atoms with van der Waals surface area (Å²) in [5, 5.41) is 6.71. The Bertz CT molecular complexity index is 3030. The van der Waals surface area contributed by atoms with Gasteiger partial charge in [-0.15, -0.1) is 0 Å². The molecule has 0 radical (unpaired) electrons. The second kappa shape index (κ2) is 11.2. The molecule has 2 aromatic heterocycles. The molecule has 0 fully saturated rings. The van der Waals surface area contributed by atoms with Gasteiger partial charge in [0.05, 0.1) is 16.9 Å². The summed E-state index contributed by atoms with van der Waals surface area (Å²) in [4.78, 5) is 18.0. The van der Waals surface area contributed by atoms with Gasteiger partial charge in [-0.3, -0.25) is 0 Å². The first kappa shape index (κ1) is 28.7. The molecule has 0 saturated carbocycles. The summed E-state index contributed by atoms with van der Waals surface area (Å²) >= 11 is 0. The Morgan fingerprint density at radius 1 is 0.404 bits per heavy atom. The highest BCUT2D eigenvalue weighted by atomic mass is 16.3. The molecule has 0 saturated heterocycles. The van der Waals surface area contributed by atoms with E-state index >= 15 is 0 Å². The molecular formula is C47H28N4O. The van der Waals surface area contributed by atoms with E-state index in [1.165, 1.54) is 21.9 Å². The summed E-state index contributed by atoms with van der Waals surface area (Å²) < 4.78 is 6.48. The van der Waals surface area contributed by atoms with Crippen molar-refractivity contribution in [1.82, 2.24) is 15.0 Å². The zero-order valence-electron chi connectivity index (χ0n) is 27.9. The summed E-state index contributed by atoms with van der Waals surface area (Å²) in [6, 6.07) is 59.2. The fourth-order valence-corrected chi connectivity index (χ4v) is 7.90. The normalized spacial score (nSPS) is 12.2. The van der Waals surface area contributed by atoms with Crippen molar-refractivity contribution in [1.29, 1.82) is 0 Å². The molecule has 0 N–H and O–H groups in total. The Morgan fingerprint density at radius 3 is 1.92 bits per heavy atom. The molecule has 10 aromatic rings. The summed E-state index contributed by atoms with van der Waals surface area (Å²) in [7, 11) is 0. The standard InChI is InChI=1S/C47H28N4O/c1-2-13-30(14-3-1)45-48-46(38-23-12-22-37-35-20-7-9-26-42(35)52-44(37)38)50-47(49-45)39-28-32(27-31-15-4-5-18-33(31)39)51-40-24-8-6-19-34(40)36-21-10-16-29-17-11-25-41(51)43(29)36/h1-28H. The fraction of sp³-hybridized carbons (Fsp3) is 0. The lowest BCUT2D eigenvalue weighted by atomic mass is 9.90. The Kier molecular flexibility index (Phi) is 6.18. The van der Waals surface area contributed by atoms with Gasteiger partial charge in [0.15, 0.2) is 17.5 Å². The van der Waals surface area contributed by atoms with Gasteiger partial charge >= 0.3 is 0 Å². The highest BCUT2D eigenvalue weighted by Gasteiger charge is 2.27. The van der Waals surface area contributed by atoms with Crippen molar-refractivity contribution >= 4 is 60.5 Å². The van der Waals surface area contributed by atoms with Crippen LogP contribution in [0.5, 0.6) is 0 Å². The summed E-state index contributed by atoms with van der Waals surface area (Å²) in [6.45, 7) is 0. The summed E-state index contributed by atoms with van der Waals surface area (Å²) in [5.41, 5.74) is 10.0. The highest BCUT2D eigenvalue weighted by molar-refractivity contribution is 6.15. The lowest BCUT2D eigenvalue weighted by Gasteiger charge is -2.34. The third-order valence-corrected chi connectivity index (χ3v) is 10.2. The first-order chi connectivity index (χ1) is 25.8. The molecule has 8 aromatic carbocycles. The van der Waals surface area contributed by atoms with Crippen molar-refractivity contribution in [2.24, 2.45) is 0 Å². The molecule has 3 heterocycles. The summed E-state index contributed by atoms with van der Waals surface area (Å²) in [5.74, 6) is 1.76. The largest absolute Gasteiger partial charge is 0.455 e. The minimum absolute atomic E-state index is 0.560. The van der Waals surface area contributed by atoms with E-state index in [0.717, 1.165) is 66.5 Å². The lowest BCUT2D eigenvalue weighted by molar-refractivity contribution is 0.669. The van der Waals surface area contributed by atoms with Gasteiger partial charge in [0.2, 0.25) is 0 Å². The number of rotatable bonds is 4. The summed E-state index contributed by atoms with van der Waals surface area (Å²) in [6.07, 6.45) is 0. The van der Waals surface area contributed by atoms with Crippen molar-refractivity contribution in [3.63, 3.8) is 0 Å². The van der Waals surface area contributed by atoms with Gasteiger partial charge in [-0.05, 0) is 58.1 Å². The Morgan fingerprint density at radius 2 is 1.02 bits per heavy atom. The zero-order chi connectivity index (χ0) is 34.2. The fourth-order valence-electron chi connectivity index (χ4n) is 7.90. The second-order valence-corrected chi connectivity index (χ2v) is 13.2. The third kappa shape index (κ3) is 4.33. The molecule has 0 unspecified atom stereocenters. The number of fused-ring (bicyclic) bond motifs is 6. The molecule has 0 aliphatic carbocycles. The minimum Gasteiger partial charge on any atom is -0.455 e. The van der Waals surface area contributed by atoms with Gasteiger partial charge in [0, 0.05) is 38.5 Å². The van der Waals surface area contributed by atoms with Crippen LogP contribution in [0.3, 0.4) is 0 Å². The van der Waals surface area contributed by atoms with Crippen LogP contribution in [0.1, 0.15) is 0 Å². The lowest BCUT2D eigenvalue weighted by Crippen LogP contribution is -2.15. The monoisotopic (exact) mass is 664 g/mol. The van der Waals surface area contributed by atoms with Crippen molar-refractivity contribution in [3.8, 4) is 45.3 Å². The minimum atomic E-state index is 0.560. The SMILES string of the molecule is c1ccc(-c2nc(-c3cc(N4c5ccccc5-c5cccc6cccc4c56)cc4ccccc34)nc(-c3cccc4c3oc3ccccc34)n2)cc1. The van der Waals surface area contributed by atoms with Crippen molar-refractivity contribution < 1.29 is 4.42 Å². The highest BCUT2D eigenvalue weighted by Crippen LogP contribution is 2.51. The zero-order valence-corrected chi connectivity index (χ0v) is 27.9. The number of benzene rings is 8. The van der Waals surface area contributed by atoms with E-state index in [4.69, 9.17) is 19.4 Å². The molecule has 0 bridgehead atoms. The number of aromatic nitrogens is 3. The van der Waals surface area contributed by atoms with Crippen molar-refractivity contribution in [3.05, 3.63) is 170 Å². The van der Waals surface area contributed by atoms with Gasteiger partial charge in [0.1, 0.15) is 11.2 Å². The number of para-hydroxylation sites is 3. The number of hydrogen-bond acceptors (Lipinski definition) is 5. The van der Waals surface area contributed by atoms with Crippen molar-refractivity contribution in [2.75, 3.05) is 4.90 Å². The van der Waals surface area contributed by atoms with E-state index in [1.807, 2.05) is 60.7 Å². The molecule has 242 valence electrons. The van der Waals surface area contributed by atoms with Crippen LogP contribution >= 0.6 is 0 Å². The van der Waals surface area contributed by atoms with Crippen LogP contribution in [0, 0.1) is 0 Å². The average molecular weight is 665 g/mol. The maximum atomic E-state index is 6.48. The van der Waals surface area contributed by atoms with E-state index in [9.17, 15) is 0 Å². The number of furan rings is 1. The molecule has 52 heavy (non-hydrogen) atoms. The van der Waals surface area contributed by atoms with E-state index in [2.05, 4.69) is 114 Å². The molecular weight excluding hydrogens is 637 g/mol. The molecule has 0 atom stereocenters. The van der Waals surface area contributed by atoms with Crippen LogP contribution in [0.2, 0.25) is 0 Å². The maximum absolute atomic E-state index is 6.48. The van der Waals surface area contributed by atoms with Gasteiger partial charge in [-0.25, -0.2) is 15.0 Å². The number of nitrogens with zero attached hydrogens (tertiary/aromatic N) is 4. The van der Waals surface area contributed by atoms with Gasteiger partial charge < -0.3 is 9.32 Å². The van der Waals surface area contributed by atoms with Crippen LogP contribution < -0.4 is 4.90 Å². The topological polar surface area (TPSA) is 55.1 Å². The molecule has 1 aliphatic heterocycles.